The molecule has 1 aliphatic carbocycles. The Morgan fingerprint density at radius 1 is 1.36 bits per heavy atom. The molecule has 1 saturated carbocycles. The second kappa shape index (κ2) is 7.11. The topological polar surface area (TPSA) is 70.0 Å². The molecule has 1 fully saturated rings. The number of hydrogen-bond donors (Lipinski definition) is 2. The molecule has 5 heteroatoms. The van der Waals surface area contributed by atoms with E-state index in [9.17, 15) is 15.0 Å². The minimum absolute atomic E-state index is 0.0814. The maximum Gasteiger partial charge on any atom is 0.227 e. The third-order valence-electron chi connectivity index (χ3n) is 4.46. The zero-order chi connectivity index (χ0) is 16.3. The van der Waals surface area contributed by atoms with E-state index < -0.39 is 12.2 Å². The monoisotopic (exact) mass is 307 g/mol. The first-order valence-electron chi connectivity index (χ1n) is 7.69. The van der Waals surface area contributed by atoms with Crippen LogP contribution in [0.5, 0.6) is 5.75 Å². The Balaban J connectivity index is 2.10. The van der Waals surface area contributed by atoms with Gasteiger partial charge in [0.05, 0.1) is 25.7 Å². The average Bonchev–Trinajstić information content (AvgIpc) is 2.49. The maximum atomic E-state index is 12.5. The number of aryl methyl sites for hydroxylation is 1. The predicted molar refractivity (Wildman–Crippen MR) is 83.9 cm³/mol. The van der Waals surface area contributed by atoms with Gasteiger partial charge in [-0.05, 0) is 32.3 Å². The van der Waals surface area contributed by atoms with Gasteiger partial charge in [0.25, 0.3) is 0 Å². The van der Waals surface area contributed by atoms with Crippen LogP contribution in [0.15, 0.2) is 18.2 Å². The molecule has 1 aromatic rings. The molecule has 0 aromatic heterocycles. The van der Waals surface area contributed by atoms with Gasteiger partial charge >= 0.3 is 0 Å². The fraction of sp³-hybridized carbons (Fsp3) is 0.588. The van der Waals surface area contributed by atoms with Crippen LogP contribution in [0.25, 0.3) is 0 Å². The molecule has 2 N–H and O–H groups in total. The van der Waals surface area contributed by atoms with Gasteiger partial charge < -0.3 is 19.8 Å². The van der Waals surface area contributed by atoms with Crippen molar-refractivity contribution < 1.29 is 19.7 Å². The minimum atomic E-state index is -0.873. The quantitative estimate of drug-likeness (QED) is 0.879. The highest BCUT2D eigenvalue weighted by Crippen LogP contribution is 2.25. The molecule has 1 amide bonds. The fourth-order valence-corrected chi connectivity index (χ4v) is 3.07. The first kappa shape index (κ1) is 16.8. The van der Waals surface area contributed by atoms with Gasteiger partial charge in [-0.2, -0.15) is 0 Å². The SMILES string of the molecule is COc1ccc(C)cc1CC(=O)N(C)[C@@H]1CCC[C@@H](O)[C@@H]1O. The molecule has 122 valence electrons. The first-order chi connectivity index (χ1) is 10.4. The van der Waals surface area contributed by atoms with Crippen molar-refractivity contribution in [3.8, 4) is 5.75 Å². The van der Waals surface area contributed by atoms with Crippen molar-refractivity contribution in [3.63, 3.8) is 0 Å². The van der Waals surface area contributed by atoms with E-state index in [4.69, 9.17) is 4.74 Å². The molecule has 22 heavy (non-hydrogen) atoms. The molecule has 5 nitrogen and oxygen atoms in total. The molecule has 1 aliphatic rings. The van der Waals surface area contributed by atoms with Gasteiger partial charge in [-0.1, -0.05) is 17.7 Å². The second-order valence-corrected chi connectivity index (χ2v) is 6.05. The van der Waals surface area contributed by atoms with E-state index in [1.54, 1.807) is 19.1 Å². The van der Waals surface area contributed by atoms with E-state index in [0.717, 1.165) is 17.5 Å². The zero-order valence-electron chi connectivity index (χ0n) is 13.5. The van der Waals surface area contributed by atoms with Gasteiger partial charge in [-0.3, -0.25) is 4.79 Å². The van der Waals surface area contributed by atoms with Crippen molar-refractivity contribution in [2.45, 2.75) is 50.9 Å². The van der Waals surface area contributed by atoms with Crippen LogP contribution in [0.2, 0.25) is 0 Å². The maximum absolute atomic E-state index is 12.5. The van der Waals surface area contributed by atoms with Crippen LogP contribution in [0.1, 0.15) is 30.4 Å². The number of carbonyl (C=O) groups excluding carboxylic acids is 1. The molecule has 0 spiro atoms. The Morgan fingerprint density at radius 2 is 2.09 bits per heavy atom. The average molecular weight is 307 g/mol. The molecule has 0 bridgehead atoms. The van der Waals surface area contributed by atoms with E-state index in [2.05, 4.69) is 0 Å². The van der Waals surface area contributed by atoms with E-state index in [0.29, 0.717) is 18.6 Å². The van der Waals surface area contributed by atoms with Crippen molar-refractivity contribution in [1.82, 2.24) is 4.90 Å². The van der Waals surface area contributed by atoms with Crippen LogP contribution in [-0.4, -0.2) is 53.4 Å². The molecule has 2 rings (SSSR count). The fourth-order valence-electron chi connectivity index (χ4n) is 3.07. The van der Waals surface area contributed by atoms with E-state index >= 15 is 0 Å². The summed E-state index contributed by atoms with van der Waals surface area (Å²) in [6, 6.07) is 5.41. The number of amides is 1. The molecule has 1 aromatic carbocycles. The molecule has 0 heterocycles. The number of ether oxygens (including phenoxy) is 1. The molecule has 0 unspecified atom stereocenters. The predicted octanol–water partition coefficient (Wildman–Crippen LogP) is 1.28. The van der Waals surface area contributed by atoms with Crippen molar-refractivity contribution in [3.05, 3.63) is 29.3 Å². The Morgan fingerprint density at radius 3 is 2.77 bits per heavy atom. The van der Waals surface area contributed by atoms with Gasteiger partial charge in [-0.15, -0.1) is 0 Å². The summed E-state index contributed by atoms with van der Waals surface area (Å²) in [5, 5.41) is 19.9. The van der Waals surface area contributed by atoms with E-state index in [1.165, 1.54) is 0 Å². The Kier molecular flexibility index (Phi) is 5.42. The lowest BCUT2D eigenvalue weighted by molar-refractivity contribution is -0.138. The number of likely N-dealkylation sites (N-methyl/N-ethyl adjacent to an activating group) is 1. The van der Waals surface area contributed by atoms with Gasteiger partial charge in [-0.25, -0.2) is 0 Å². The van der Waals surface area contributed by atoms with Crippen molar-refractivity contribution in [2.24, 2.45) is 0 Å². The van der Waals surface area contributed by atoms with Crippen LogP contribution in [-0.2, 0) is 11.2 Å². The standard InChI is InChI=1S/C17H25NO4/c1-11-7-8-15(22-3)12(9-11)10-16(20)18(2)13-5-4-6-14(19)17(13)21/h7-9,13-14,17,19,21H,4-6,10H2,1-3H3/t13-,14-,17-/m1/s1. The number of carbonyl (C=O) groups is 1. The molecule has 0 aliphatic heterocycles. The van der Waals surface area contributed by atoms with Crippen molar-refractivity contribution in [1.29, 1.82) is 0 Å². The summed E-state index contributed by atoms with van der Waals surface area (Å²) < 4.78 is 5.30. The van der Waals surface area contributed by atoms with Gasteiger partial charge in [0.15, 0.2) is 0 Å². The Hall–Kier alpha value is -1.59. The summed E-state index contributed by atoms with van der Waals surface area (Å²) in [6.45, 7) is 1.97. The first-order valence-corrected chi connectivity index (χ1v) is 7.69. The van der Waals surface area contributed by atoms with Crippen LogP contribution in [0, 0.1) is 6.92 Å². The number of aliphatic hydroxyl groups excluding tert-OH is 2. The molecular formula is C17H25NO4. The summed E-state index contributed by atoms with van der Waals surface area (Å²) in [5.41, 5.74) is 1.91. The molecular weight excluding hydrogens is 282 g/mol. The molecule has 3 atom stereocenters. The van der Waals surface area contributed by atoms with E-state index in [1.807, 2.05) is 25.1 Å². The molecule has 0 saturated heterocycles. The Labute approximate surface area is 131 Å². The number of benzene rings is 1. The highest BCUT2D eigenvalue weighted by atomic mass is 16.5. The molecule has 0 radical (unpaired) electrons. The number of aliphatic hydroxyl groups is 2. The van der Waals surface area contributed by atoms with Crippen molar-refractivity contribution in [2.75, 3.05) is 14.2 Å². The third-order valence-corrected chi connectivity index (χ3v) is 4.46. The zero-order valence-corrected chi connectivity index (χ0v) is 13.5. The van der Waals surface area contributed by atoms with Gasteiger partial charge in [0, 0.05) is 12.6 Å². The highest BCUT2D eigenvalue weighted by Gasteiger charge is 2.34. The lowest BCUT2D eigenvalue weighted by atomic mass is 9.89. The summed E-state index contributed by atoms with van der Waals surface area (Å²) in [6.07, 6.45) is 0.718. The lowest BCUT2D eigenvalue weighted by Gasteiger charge is -2.37. The Bertz CT molecular complexity index is 531. The highest BCUT2D eigenvalue weighted by molar-refractivity contribution is 5.79. The third kappa shape index (κ3) is 3.59. The summed E-state index contributed by atoms with van der Waals surface area (Å²) in [7, 11) is 3.28. The minimum Gasteiger partial charge on any atom is -0.496 e. The van der Waals surface area contributed by atoms with Crippen LogP contribution >= 0.6 is 0 Å². The number of rotatable bonds is 4. The number of hydrogen-bond acceptors (Lipinski definition) is 4. The summed E-state index contributed by atoms with van der Waals surface area (Å²) in [5.74, 6) is 0.610. The van der Waals surface area contributed by atoms with E-state index in [-0.39, 0.29) is 18.4 Å². The van der Waals surface area contributed by atoms with Gasteiger partial charge in [0.1, 0.15) is 11.9 Å². The number of methoxy groups -OCH3 is 1. The largest absolute Gasteiger partial charge is 0.496 e. The second-order valence-electron chi connectivity index (χ2n) is 6.05. The lowest BCUT2D eigenvalue weighted by Crippen LogP contribution is -2.52. The number of nitrogens with zero attached hydrogens (tertiary/aromatic N) is 1. The summed E-state index contributed by atoms with van der Waals surface area (Å²) in [4.78, 5) is 14.1. The normalized spacial score (nSPS) is 24.9. The van der Waals surface area contributed by atoms with Crippen LogP contribution in [0.4, 0.5) is 0 Å². The van der Waals surface area contributed by atoms with Gasteiger partial charge in [0.2, 0.25) is 5.91 Å². The van der Waals surface area contributed by atoms with Crippen molar-refractivity contribution >= 4 is 5.91 Å². The smallest absolute Gasteiger partial charge is 0.227 e. The summed E-state index contributed by atoms with van der Waals surface area (Å²) >= 11 is 0. The van der Waals surface area contributed by atoms with Crippen LogP contribution in [0.3, 0.4) is 0 Å². The van der Waals surface area contributed by atoms with Crippen LogP contribution < -0.4 is 4.74 Å².